The number of carbonyl (C=O) groups is 1. The van der Waals surface area contributed by atoms with Gasteiger partial charge in [-0.25, -0.2) is 0 Å². The van der Waals surface area contributed by atoms with E-state index >= 15 is 0 Å². The molecule has 1 aromatic carbocycles. The number of carbonyl (C=O) groups excluding carboxylic acids is 1. The molecular weight excluding hydrogens is 396 g/mol. The van der Waals surface area contributed by atoms with Crippen molar-refractivity contribution < 1.29 is 9.53 Å². The van der Waals surface area contributed by atoms with Crippen molar-refractivity contribution in [3.63, 3.8) is 0 Å². The van der Waals surface area contributed by atoms with E-state index in [1.54, 1.807) is 6.20 Å². The van der Waals surface area contributed by atoms with Crippen LogP contribution >= 0.6 is 12.2 Å². The lowest BCUT2D eigenvalue weighted by Gasteiger charge is -2.29. The molecule has 7 heteroatoms. The van der Waals surface area contributed by atoms with Crippen molar-refractivity contribution in [3.05, 3.63) is 83.9 Å². The van der Waals surface area contributed by atoms with Gasteiger partial charge < -0.3 is 19.5 Å². The lowest BCUT2D eigenvalue weighted by atomic mass is 10.0. The normalized spacial score (nSPS) is 18.3. The highest BCUT2D eigenvalue weighted by atomic mass is 32.1. The average Bonchev–Trinajstić information content (AvgIpc) is 3.37. The predicted molar refractivity (Wildman–Crippen MR) is 119 cm³/mol. The molecule has 2 atom stereocenters. The lowest BCUT2D eigenvalue weighted by Crippen LogP contribution is -2.32. The second kappa shape index (κ2) is 8.67. The molecule has 3 aromatic rings. The van der Waals surface area contributed by atoms with E-state index in [1.165, 1.54) is 12.7 Å². The second-order valence-corrected chi connectivity index (χ2v) is 7.62. The number of hydrogen-bond donors (Lipinski definition) is 1. The van der Waals surface area contributed by atoms with Crippen LogP contribution in [0.3, 0.4) is 0 Å². The van der Waals surface area contributed by atoms with E-state index in [1.807, 2.05) is 36.4 Å². The molecule has 0 amide bonds. The number of hydrogen-bond acceptors (Lipinski definition) is 4. The highest BCUT2D eigenvalue weighted by Crippen LogP contribution is 2.39. The first-order valence-electron chi connectivity index (χ1n) is 9.88. The molecule has 1 aliphatic rings. The molecule has 1 fully saturated rings. The summed E-state index contributed by atoms with van der Waals surface area (Å²) in [6, 6.07) is 18.0. The average molecular weight is 421 g/mol. The number of aryl methyl sites for hydroxylation is 1. The van der Waals surface area contributed by atoms with Gasteiger partial charge in [-0.1, -0.05) is 24.3 Å². The van der Waals surface area contributed by atoms with E-state index in [4.69, 9.17) is 17.0 Å². The van der Waals surface area contributed by atoms with Gasteiger partial charge in [0.2, 0.25) is 0 Å². The van der Waals surface area contributed by atoms with Crippen LogP contribution in [0.15, 0.2) is 67.0 Å². The van der Waals surface area contributed by atoms with Crippen molar-refractivity contribution >= 4 is 23.3 Å². The topological polar surface area (TPSA) is 59.4 Å². The number of rotatable bonds is 6. The monoisotopic (exact) mass is 420 g/mol. The number of benzene rings is 1. The number of pyridine rings is 1. The summed E-state index contributed by atoms with van der Waals surface area (Å²) in [5.74, 6) is -0.257. The molecule has 1 aliphatic heterocycles. The molecule has 0 saturated carbocycles. The van der Waals surface area contributed by atoms with Crippen LogP contribution in [-0.4, -0.2) is 39.2 Å². The van der Waals surface area contributed by atoms with Gasteiger partial charge in [-0.05, 0) is 55.0 Å². The molecule has 0 bridgehead atoms. The standard InChI is InChI=1S/C23H24N4O2S/c1-16-8-3-4-10-18(16)26-14-7-11-19(26)22-21(17-9-5-6-13-24-17)25-23(30)27(22)15-12-20(28)29-2/h3-11,13-14,21-22H,12,15H2,1-2H3,(H,25,30). The Kier molecular flexibility index (Phi) is 5.81. The third-order valence-corrected chi connectivity index (χ3v) is 5.79. The van der Waals surface area contributed by atoms with Crippen LogP contribution in [0.2, 0.25) is 0 Å². The largest absolute Gasteiger partial charge is 0.469 e. The molecule has 1 N–H and O–H groups in total. The molecule has 30 heavy (non-hydrogen) atoms. The molecule has 0 spiro atoms. The summed E-state index contributed by atoms with van der Waals surface area (Å²) in [5, 5.41) is 4.03. The van der Waals surface area contributed by atoms with E-state index < -0.39 is 0 Å². The Morgan fingerprint density at radius 1 is 1.17 bits per heavy atom. The molecule has 2 aromatic heterocycles. The van der Waals surface area contributed by atoms with Crippen LogP contribution in [0.1, 0.15) is 35.5 Å². The molecule has 154 valence electrons. The number of thiocarbonyl (C=S) groups is 1. The van der Waals surface area contributed by atoms with Gasteiger partial charge >= 0.3 is 5.97 Å². The van der Waals surface area contributed by atoms with Gasteiger partial charge in [0.25, 0.3) is 0 Å². The maximum Gasteiger partial charge on any atom is 0.307 e. The predicted octanol–water partition coefficient (Wildman–Crippen LogP) is 3.72. The Bertz CT molecular complexity index is 1050. The molecule has 1 saturated heterocycles. The van der Waals surface area contributed by atoms with Crippen LogP contribution in [0.4, 0.5) is 0 Å². The molecule has 3 heterocycles. The Labute approximate surface area is 181 Å². The fourth-order valence-electron chi connectivity index (χ4n) is 3.97. The summed E-state index contributed by atoms with van der Waals surface area (Å²) in [6.07, 6.45) is 4.11. The first kappa shape index (κ1) is 20.1. The van der Waals surface area contributed by atoms with Gasteiger partial charge in [-0.3, -0.25) is 9.78 Å². The van der Waals surface area contributed by atoms with Gasteiger partial charge in [0, 0.05) is 30.3 Å². The van der Waals surface area contributed by atoms with E-state index in [2.05, 4.69) is 51.1 Å². The maximum absolute atomic E-state index is 11.8. The zero-order valence-corrected chi connectivity index (χ0v) is 17.8. The second-order valence-electron chi connectivity index (χ2n) is 7.24. The fraction of sp³-hybridized carbons (Fsp3) is 0.261. The summed E-state index contributed by atoms with van der Waals surface area (Å²) >= 11 is 5.67. The maximum atomic E-state index is 11.8. The molecule has 0 radical (unpaired) electrons. The first-order chi connectivity index (χ1) is 14.6. The van der Waals surface area contributed by atoms with Crippen LogP contribution in [0, 0.1) is 6.92 Å². The number of nitrogens with one attached hydrogen (secondary N) is 1. The van der Waals surface area contributed by atoms with Crippen molar-refractivity contribution in [2.45, 2.75) is 25.4 Å². The van der Waals surface area contributed by atoms with E-state index in [0.29, 0.717) is 11.7 Å². The summed E-state index contributed by atoms with van der Waals surface area (Å²) < 4.78 is 7.04. The SMILES string of the molecule is COC(=O)CCN1C(=S)NC(c2ccccn2)C1c1cccn1-c1ccccc1C. The number of nitrogens with zero attached hydrogens (tertiary/aromatic N) is 3. The molecule has 0 aliphatic carbocycles. The van der Waals surface area contributed by atoms with Gasteiger partial charge in [0.15, 0.2) is 5.11 Å². The highest BCUT2D eigenvalue weighted by molar-refractivity contribution is 7.80. The summed E-state index contributed by atoms with van der Waals surface area (Å²) in [7, 11) is 1.40. The highest BCUT2D eigenvalue weighted by Gasteiger charge is 2.41. The Morgan fingerprint density at radius 3 is 2.70 bits per heavy atom. The minimum absolute atomic E-state index is 0.119. The fourth-order valence-corrected chi connectivity index (χ4v) is 4.30. The Hall–Kier alpha value is -3.19. The minimum atomic E-state index is -0.257. The number of aromatic nitrogens is 2. The third kappa shape index (κ3) is 3.80. The lowest BCUT2D eigenvalue weighted by molar-refractivity contribution is -0.140. The van der Waals surface area contributed by atoms with Crippen molar-refractivity contribution in [1.82, 2.24) is 19.8 Å². The zero-order chi connectivity index (χ0) is 21.1. The van der Waals surface area contributed by atoms with Crippen LogP contribution in [0.25, 0.3) is 5.69 Å². The summed E-state index contributed by atoms with van der Waals surface area (Å²) in [4.78, 5) is 18.5. The third-order valence-electron chi connectivity index (χ3n) is 5.44. The molecule has 2 unspecified atom stereocenters. The smallest absolute Gasteiger partial charge is 0.307 e. The van der Waals surface area contributed by atoms with Crippen LogP contribution < -0.4 is 5.32 Å². The zero-order valence-electron chi connectivity index (χ0n) is 17.0. The van der Waals surface area contributed by atoms with Crippen LogP contribution in [0.5, 0.6) is 0 Å². The van der Waals surface area contributed by atoms with Crippen molar-refractivity contribution in [3.8, 4) is 5.69 Å². The number of ether oxygens (including phenoxy) is 1. The van der Waals surface area contributed by atoms with Gasteiger partial charge in [-0.2, -0.15) is 0 Å². The van der Waals surface area contributed by atoms with Gasteiger partial charge in [0.1, 0.15) is 0 Å². The summed E-state index contributed by atoms with van der Waals surface area (Å²) in [6.45, 7) is 2.56. The molecule has 6 nitrogen and oxygen atoms in total. The van der Waals surface area contributed by atoms with E-state index in [9.17, 15) is 4.79 Å². The molecular formula is C23H24N4O2S. The number of esters is 1. The van der Waals surface area contributed by atoms with Crippen molar-refractivity contribution in [2.75, 3.05) is 13.7 Å². The Balaban J connectivity index is 1.78. The van der Waals surface area contributed by atoms with Gasteiger partial charge in [0.05, 0.1) is 31.3 Å². The molecule has 4 rings (SSSR count). The quantitative estimate of drug-likeness (QED) is 0.485. The van der Waals surface area contributed by atoms with E-state index in [0.717, 1.165) is 17.1 Å². The first-order valence-corrected chi connectivity index (χ1v) is 10.3. The van der Waals surface area contributed by atoms with Crippen LogP contribution in [-0.2, 0) is 9.53 Å². The minimum Gasteiger partial charge on any atom is -0.469 e. The number of para-hydroxylation sites is 1. The van der Waals surface area contributed by atoms with Gasteiger partial charge in [-0.15, -0.1) is 0 Å². The summed E-state index contributed by atoms with van der Waals surface area (Å²) in [5.41, 5.74) is 4.28. The van der Waals surface area contributed by atoms with E-state index in [-0.39, 0.29) is 24.5 Å². The van der Waals surface area contributed by atoms with Crippen molar-refractivity contribution in [2.24, 2.45) is 0 Å². The number of methoxy groups -OCH3 is 1. The Morgan fingerprint density at radius 2 is 1.97 bits per heavy atom. The van der Waals surface area contributed by atoms with Crippen molar-refractivity contribution in [1.29, 1.82) is 0 Å².